The Labute approximate surface area is 146 Å². The Hall–Kier alpha value is -2.67. The lowest BCUT2D eigenvalue weighted by Gasteiger charge is -2.20. The van der Waals surface area contributed by atoms with E-state index in [0.717, 1.165) is 46.7 Å². The van der Waals surface area contributed by atoms with Gasteiger partial charge in [-0.3, -0.25) is 4.99 Å². The number of hydrogen-bond acceptors (Lipinski definition) is 2. The lowest BCUT2D eigenvalue weighted by atomic mass is 9.90. The average molecular weight is 331 g/mol. The summed E-state index contributed by atoms with van der Waals surface area (Å²) in [5.41, 5.74) is 9.07. The third-order valence-corrected chi connectivity index (χ3v) is 4.49. The van der Waals surface area contributed by atoms with E-state index >= 15 is 0 Å². The van der Waals surface area contributed by atoms with E-state index in [1.54, 1.807) is 6.20 Å². The van der Waals surface area contributed by atoms with Crippen molar-refractivity contribution < 1.29 is 0 Å². The highest BCUT2D eigenvalue weighted by atomic mass is 35.5. The first kappa shape index (κ1) is 14.9. The van der Waals surface area contributed by atoms with E-state index in [1.165, 1.54) is 0 Å². The summed E-state index contributed by atoms with van der Waals surface area (Å²) >= 11 is 6.83. The summed E-state index contributed by atoms with van der Waals surface area (Å²) in [5, 5.41) is 0.639. The summed E-state index contributed by atoms with van der Waals surface area (Å²) in [7, 11) is 0. The molecule has 0 N–H and O–H groups in total. The van der Waals surface area contributed by atoms with Gasteiger partial charge in [-0.1, -0.05) is 78.0 Å². The predicted octanol–water partition coefficient (Wildman–Crippen LogP) is 4.91. The molecular weight excluding hydrogens is 316 g/mol. The zero-order valence-corrected chi connectivity index (χ0v) is 13.8. The first-order chi connectivity index (χ1) is 11.8. The Morgan fingerprint density at radius 1 is 0.833 bits per heavy atom. The molecule has 0 aromatic heterocycles. The van der Waals surface area contributed by atoms with Gasteiger partial charge in [0.2, 0.25) is 0 Å². The van der Waals surface area contributed by atoms with Crippen LogP contribution in [0.15, 0.2) is 98.8 Å². The molecule has 0 amide bonds. The van der Waals surface area contributed by atoms with Crippen molar-refractivity contribution in [3.8, 4) is 0 Å². The Bertz CT molecular complexity index is 928. The number of aliphatic imine (C=N–C) groups is 2. The van der Waals surface area contributed by atoms with Crippen LogP contribution in [0, 0.1) is 0 Å². The van der Waals surface area contributed by atoms with Gasteiger partial charge in [0.1, 0.15) is 0 Å². The molecule has 3 heteroatoms. The number of hydrogen-bond donors (Lipinski definition) is 0. The highest BCUT2D eigenvalue weighted by molar-refractivity contribution is 6.49. The Balaban J connectivity index is 1.91. The van der Waals surface area contributed by atoms with Crippen LogP contribution in [0.4, 0.5) is 0 Å². The highest BCUT2D eigenvalue weighted by Crippen LogP contribution is 2.32. The van der Waals surface area contributed by atoms with Crippen molar-refractivity contribution in [1.29, 1.82) is 0 Å². The second kappa shape index (κ2) is 6.45. The largest absolute Gasteiger partial charge is 0.284 e. The lowest BCUT2D eigenvalue weighted by molar-refractivity contribution is 0.943. The number of nitrogens with zero attached hydrogens (tertiary/aromatic N) is 2. The molecule has 0 saturated carbocycles. The molecule has 0 atom stereocenters. The van der Waals surface area contributed by atoms with Crippen molar-refractivity contribution in [2.75, 3.05) is 6.54 Å². The predicted molar refractivity (Wildman–Crippen MR) is 99.9 cm³/mol. The van der Waals surface area contributed by atoms with E-state index in [0.29, 0.717) is 5.03 Å². The van der Waals surface area contributed by atoms with Gasteiger partial charge in [-0.05, 0) is 0 Å². The quantitative estimate of drug-likeness (QED) is 0.699. The molecule has 116 valence electrons. The molecule has 0 saturated heterocycles. The van der Waals surface area contributed by atoms with Gasteiger partial charge in [0.05, 0.1) is 22.7 Å². The molecule has 0 fully saturated rings. The maximum Gasteiger partial charge on any atom is 0.0902 e. The van der Waals surface area contributed by atoms with Crippen LogP contribution in [-0.4, -0.2) is 18.0 Å². The van der Waals surface area contributed by atoms with Crippen molar-refractivity contribution >= 4 is 23.0 Å². The van der Waals surface area contributed by atoms with Gasteiger partial charge in [0, 0.05) is 35.2 Å². The summed E-state index contributed by atoms with van der Waals surface area (Å²) in [6.07, 6.45) is 2.55. The van der Waals surface area contributed by atoms with Gasteiger partial charge < -0.3 is 0 Å². The molecule has 0 spiro atoms. The minimum absolute atomic E-state index is 0.639. The number of halogens is 1. The number of fused-ring (bicyclic) bond motifs is 1. The summed E-state index contributed by atoms with van der Waals surface area (Å²) < 4.78 is 0. The SMILES string of the molecule is ClC1=C2C(=C=CN=C1c1ccccc1)CCN=C2c1ccccc1. The second-order valence-electron chi connectivity index (χ2n) is 5.63. The van der Waals surface area contributed by atoms with E-state index in [1.807, 2.05) is 48.5 Å². The zero-order valence-electron chi connectivity index (χ0n) is 13.0. The summed E-state index contributed by atoms with van der Waals surface area (Å²) in [5.74, 6) is 0. The third-order valence-electron chi connectivity index (χ3n) is 4.12. The summed E-state index contributed by atoms with van der Waals surface area (Å²) in [6.45, 7) is 0.745. The van der Waals surface area contributed by atoms with Crippen molar-refractivity contribution in [3.63, 3.8) is 0 Å². The van der Waals surface area contributed by atoms with Gasteiger partial charge >= 0.3 is 0 Å². The van der Waals surface area contributed by atoms with Gasteiger partial charge in [-0.15, -0.1) is 0 Å². The van der Waals surface area contributed by atoms with Crippen LogP contribution in [0.3, 0.4) is 0 Å². The molecule has 2 aromatic rings. The number of benzene rings is 2. The van der Waals surface area contributed by atoms with Crippen molar-refractivity contribution in [3.05, 3.63) is 99.9 Å². The Morgan fingerprint density at radius 2 is 1.46 bits per heavy atom. The van der Waals surface area contributed by atoms with Gasteiger partial charge in [0.25, 0.3) is 0 Å². The fourth-order valence-corrected chi connectivity index (χ4v) is 3.35. The molecule has 2 heterocycles. The fraction of sp³-hybridized carbons (Fsp3) is 0.0952. The van der Waals surface area contributed by atoms with Crippen LogP contribution < -0.4 is 0 Å². The first-order valence-electron chi connectivity index (χ1n) is 7.92. The van der Waals surface area contributed by atoms with E-state index in [9.17, 15) is 0 Å². The molecule has 0 radical (unpaired) electrons. The molecular formula is C21H15ClN2. The molecule has 0 aliphatic carbocycles. The number of rotatable bonds is 2. The monoisotopic (exact) mass is 330 g/mol. The van der Waals surface area contributed by atoms with Crippen LogP contribution in [0.1, 0.15) is 17.5 Å². The van der Waals surface area contributed by atoms with Gasteiger partial charge in [-0.25, -0.2) is 4.99 Å². The van der Waals surface area contributed by atoms with Crippen molar-refractivity contribution in [1.82, 2.24) is 0 Å². The highest BCUT2D eigenvalue weighted by Gasteiger charge is 2.25. The maximum absolute atomic E-state index is 6.83. The van der Waals surface area contributed by atoms with Gasteiger partial charge in [-0.2, -0.15) is 0 Å². The normalized spacial score (nSPS) is 16.8. The third kappa shape index (κ3) is 2.67. The van der Waals surface area contributed by atoms with Crippen LogP contribution in [-0.2, 0) is 0 Å². The summed E-state index contributed by atoms with van der Waals surface area (Å²) in [6, 6.07) is 20.2. The van der Waals surface area contributed by atoms with Crippen molar-refractivity contribution in [2.24, 2.45) is 9.98 Å². The Kier molecular flexibility index (Phi) is 4.00. The van der Waals surface area contributed by atoms with Crippen LogP contribution in [0.5, 0.6) is 0 Å². The first-order valence-corrected chi connectivity index (χ1v) is 8.30. The lowest BCUT2D eigenvalue weighted by Crippen LogP contribution is -2.17. The second-order valence-corrected chi connectivity index (χ2v) is 6.01. The van der Waals surface area contributed by atoms with E-state index in [2.05, 4.69) is 22.9 Å². The standard InChI is InChI=1S/C21H15ClN2/c22-19-18-15(11-13-23-20(18)16-7-3-1-4-8-16)12-14-24-21(19)17-9-5-2-6-10-17/h1-10,14H,11,13H2. The average Bonchev–Trinajstić information content (AvgIpc) is 2.82. The zero-order chi connectivity index (χ0) is 16.4. The molecule has 0 unspecified atom stereocenters. The molecule has 0 bridgehead atoms. The topological polar surface area (TPSA) is 24.7 Å². The molecule has 2 aliphatic rings. The van der Waals surface area contributed by atoms with Crippen molar-refractivity contribution in [2.45, 2.75) is 6.42 Å². The fourth-order valence-electron chi connectivity index (χ4n) is 2.99. The van der Waals surface area contributed by atoms with E-state index in [-0.39, 0.29) is 0 Å². The van der Waals surface area contributed by atoms with Crippen LogP contribution in [0.25, 0.3) is 0 Å². The van der Waals surface area contributed by atoms with Gasteiger partial charge in [0.15, 0.2) is 0 Å². The maximum atomic E-state index is 6.83. The van der Waals surface area contributed by atoms with E-state index in [4.69, 9.17) is 16.6 Å². The van der Waals surface area contributed by atoms with Crippen LogP contribution in [0.2, 0.25) is 0 Å². The summed E-state index contributed by atoms with van der Waals surface area (Å²) in [4.78, 5) is 9.29. The molecule has 2 nitrogen and oxygen atoms in total. The number of allylic oxidation sites excluding steroid dienone is 2. The molecule has 24 heavy (non-hydrogen) atoms. The van der Waals surface area contributed by atoms with E-state index < -0.39 is 0 Å². The molecule has 2 aromatic carbocycles. The molecule has 2 aliphatic heterocycles. The minimum Gasteiger partial charge on any atom is -0.284 e. The van der Waals surface area contributed by atoms with Crippen LogP contribution >= 0.6 is 11.6 Å². The smallest absolute Gasteiger partial charge is 0.0902 e. The Morgan fingerprint density at radius 3 is 2.12 bits per heavy atom. The molecule has 4 rings (SSSR count). The minimum atomic E-state index is 0.639.